The molecule has 5 rings (SSSR count). The second kappa shape index (κ2) is 8.51. The summed E-state index contributed by atoms with van der Waals surface area (Å²) in [6, 6.07) is 16.6. The lowest BCUT2D eigenvalue weighted by molar-refractivity contribution is -0.129. The zero-order valence-corrected chi connectivity index (χ0v) is 18.5. The van der Waals surface area contributed by atoms with E-state index >= 15 is 0 Å². The van der Waals surface area contributed by atoms with Gasteiger partial charge >= 0.3 is 0 Å². The van der Waals surface area contributed by atoms with Gasteiger partial charge in [-0.2, -0.15) is 5.10 Å². The molecular formula is C25H20F2N6O. The van der Waals surface area contributed by atoms with E-state index in [1.165, 1.54) is 21.7 Å². The Labute approximate surface area is 193 Å². The molecule has 0 unspecified atom stereocenters. The van der Waals surface area contributed by atoms with Crippen LogP contribution in [0.4, 0.5) is 8.78 Å². The highest BCUT2D eigenvalue weighted by Gasteiger charge is 2.20. The second-order valence-electron chi connectivity index (χ2n) is 8.04. The van der Waals surface area contributed by atoms with E-state index in [-0.39, 0.29) is 18.0 Å². The average molecular weight is 458 g/mol. The molecule has 7 nitrogen and oxygen atoms in total. The van der Waals surface area contributed by atoms with Crippen LogP contribution in [-0.4, -0.2) is 49.3 Å². The lowest BCUT2D eigenvalue weighted by atomic mass is 10.0. The summed E-state index contributed by atoms with van der Waals surface area (Å²) in [6.07, 6.45) is 3.53. The molecule has 0 saturated carbocycles. The molecule has 0 aliphatic heterocycles. The van der Waals surface area contributed by atoms with E-state index in [0.29, 0.717) is 28.3 Å². The Morgan fingerprint density at radius 3 is 2.44 bits per heavy atom. The Kier molecular flexibility index (Phi) is 5.37. The second-order valence-corrected chi connectivity index (χ2v) is 8.04. The van der Waals surface area contributed by atoms with Crippen molar-refractivity contribution in [2.24, 2.45) is 0 Å². The van der Waals surface area contributed by atoms with Crippen LogP contribution in [0.1, 0.15) is 0 Å². The first kappa shape index (κ1) is 21.4. The zero-order chi connectivity index (χ0) is 23.8. The molecule has 34 heavy (non-hydrogen) atoms. The lowest BCUT2D eigenvalue weighted by Gasteiger charge is -2.09. The molecule has 0 fully saturated rings. The molecule has 0 saturated heterocycles. The van der Waals surface area contributed by atoms with Crippen LogP contribution in [0.2, 0.25) is 0 Å². The summed E-state index contributed by atoms with van der Waals surface area (Å²) in [5.41, 5.74) is 3.28. The average Bonchev–Trinajstić information content (AvgIpc) is 3.43. The molecule has 0 radical (unpaired) electrons. The number of hydrogen-bond donors (Lipinski definition) is 0. The largest absolute Gasteiger partial charge is 0.347 e. The molecule has 0 aliphatic rings. The number of carbonyl (C=O) groups excluding carboxylic acids is 1. The molecule has 0 N–H and O–H groups in total. The highest BCUT2D eigenvalue weighted by molar-refractivity contribution is 5.82. The van der Waals surface area contributed by atoms with Crippen LogP contribution >= 0.6 is 0 Å². The number of hydrogen-bond acceptors (Lipinski definition) is 4. The number of fused-ring (bicyclic) bond motifs is 1. The van der Waals surface area contributed by atoms with Crippen LogP contribution in [0.3, 0.4) is 0 Å². The Morgan fingerprint density at radius 2 is 1.71 bits per heavy atom. The monoisotopic (exact) mass is 458 g/mol. The third kappa shape index (κ3) is 3.92. The number of benzene rings is 2. The van der Waals surface area contributed by atoms with E-state index in [2.05, 4.69) is 15.3 Å². The smallest absolute Gasteiger partial charge is 0.243 e. The number of pyridine rings is 1. The van der Waals surface area contributed by atoms with Gasteiger partial charge in [-0.1, -0.05) is 30.3 Å². The van der Waals surface area contributed by atoms with Crippen LogP contribution in [0.15, 0.2) is 73.1 Å². The number of carbonyl (C=O) groups is 1. The predicted octanol–water partition coefficient (Wildman–Crippen LogP) is 4.29. The van der Waals surface area contributed by atoms with E-state index in [9.17, 15) is 13.6 Å². The minimum atomic E-state index is -0.735. The third-order valence-electron chi connectivity index (χ3n) is 5.49. The summed E-state index contributed by atoms with van der Waals surface area (Å²) in [5.74, 6) is -0.924. The first-order valence-corrected chi connectivity index (χ1v) is 10.5. The van der Waals surface area contributed by atoms with Crippen molar-refractivity contribution in [1.29, 1.82) is 0 Å². The van der Waals surface area contributed by atoms with Gasteiger partial charge in [-0.25, -0.2) is 8.78 Å². The molecule has 9 heteroatoms. The zero-order valence-electron chi connectivity index (χ0n) is 18.5. The van der Waals surface area contributed by atoms with Gasteiger partial charge in [0, 0.05) is 54.8 Å². The molecule has 0 spiro atoms. The van der Waals surface area contributed by atoms with Gasteiger partial charge in [-0.3, -0.25) is 13.9 Å². The van der Waals surface area contributed by atoms with Crippen molar-refractivity contribution >= 4 is 11.6 Å². The topological polar surface area (TPSA) is 68.3 Å². The van der Waals surface area contributed by atoms with E-state index < -0.39 is 11.6 Å². The van der Waals surface area contributed by atoms with Gasteiger partial charge in [-0.05, 0) is 24.3 Å². The van der Waals surface area contributed by atoms with Crippen molar-refractivity contribution in [3.63, 3.8) is 0 Å². The van der Waals surface area contributed by atoms with Crippen molar-refractivity contribution in [2.45, 2.75) is 6.54 Å². The van der Waals surface area contributed by atoms with E-state index in [0.717, 1.165) is 11.6 Å². The molecule has 5 aromatic rings. The predicted molar refractivity (Wildman–Crippen MR) is 124 cm³/mol. The summed E-state index contributed by atoms with van der Waals surface area (Å²) >= 11 is 0. The molecule has 0 bridgehead atoms. The first-order chi connectivity index (χ1) is 16.4. The highest BCUT2D eigenvalue weighted by atomic mass is 19.1. The lowest BCUT2D eigenvalue weighted by Crippen LogP contribution is -2.26. The van der Waals surface area contributed by atoms with Gasteiger partial charge in [0.2, 0.25) is 5.91 Å². The van der Waals surface area contributed by atoms with E-state index in [4.69, 9.17) is 0 Å². The Morgan fingerprint density at radius 1 is 0.912 bits per heavy atom. The minimum Gasteiger partial charge on any atom is -0.347 e. The highest BCUT2D eigenvalue weighted by Crippen LogP contribution is 2.33. The van der Waals surface area contributed by atoms with Gasteiger partial charge in [0.1, 0.15) is 23.9 Å². The number of halogens is 2. The van der Waals surface area contributed by atoms with Crippen molar-refractivity contribution in [3.8, 4) is 33.8 Å². The Bertz CT molecular complexity index is 1510. The molecule has 0 atom stereocenters. The SMILES string of the molecule is CN(C)C(=O)Cn1cc(-c2ccc3nnc(-c4ccccc4)n3c2)c(-c2ccc(F)cc2F)n1. The maximum absolute atomic E-state index is 14.7. The standard InChI is InChI=1S/C25H20F2N6O/c1-31(2)23(34)15-32-14-20(24(30-32)19-10-9-18(26)12-21(19)27)17-8-11-22-28-29-25(33(22)13-17)16-6-4-3-5-7-16/h3-14H,15H2,1-2H3. The van der Waals surface area contributed by atoms with Gasteiger partial charge < -0.3 is 4.90 Å². The maximum atomic E-state index is 14.7. The molecule has 2 aromatic carbocycles. The van der Waals surface area contributed by atoms with Crippen LogP contribution in [0.25, 0.3) is 39.4 Å². The first-order valence-electron chi connectivity index (χ1n) is 10.5. The molecular weight excluding hydrogens is 438 g/mol. The van der Waals surface area contributed by atoms with Crippen LogP contribution in [0.5, 0.6) is 0 Å². The summed E-state index contributed by atoms with van der Waals surface area (Å²) < 4.78 is 31.6. The third-order valence-corrected chi connectivity index (χ3v) is 5.49. The summed E-state index contributed by atoms with van der Waals surface area (Å²) in [4.78, 5) is 13.7. The fourth-order valence-corrected chi connectivity index (χ4v) is 3.71. The van der Waals surface area contributed by atoms with Crippen LogP contribution in [0, 0.1) is 11.6 Å². The van der Waals surface area contributed by atoms with Crippen LogP contribution in [-0.2, 0) is 11.3 Å². The quantitative estimate of drug-likeness (QED) is 0.394. The molecule has 3 aromatic heterocycles. The molecule has 170 valence electrons. The van der Waals surface area contributed by atoms with E-state index in [1.807, 2.05) is 53.1 Å². The number of nitrogens with zero attached hydrogens (tertiary/aromatic N) is 6. The van der Waals surface area contributed by atoms with Gasteiger partial charge in [0.15, 0.2) is 11.5 Å². The number of amides is 1. The van der Waals surface area contributed by atoms with Crippen molar-refractivity contribution in [3.05, 3.63) is 84.7 Å². The van der Waals surface area contributed by atoms with Crippen molar-refractivity contribution in [1.82, 2.24) is 29.3 Å². The fourth-order valence-electron chi connectivity index (χ4n) is 3.71. The summed E-state index contributed by atoms with van der Waals surface area (Å²) in [5, 5.41) is 13.0. The maximum Gasteiger partial charge on any atom is 0.243 e. The van der Waals surface area contributed by atoms with Gasteiger partial charge in [0.05, 0.1) is 0 Å². The Balaban J connectivity index is 1.67. The number of rotatable bonds is 5. The molecule has 1 amide bonds. The van der Waals surface area contributed by atoms with Gasteiger partial charge in [-0.15, -0.1) is 10.2 Å². The fraction of sp³-hybridized carbons (Fsp3) is 0.120. The summed E-state index contributed by atoms with van der Waals surface area (Å²) in [6.45, 7) is -0.0209. The van der Waals surface area contributed by atoms with Crippen molar-refractivity contribution in [2.75, 3.05) is 14.1 Å². The number of likely N-dealkylation sites (N-methyl/N-ethyl adjacent to an activating group) is 1. The van der Waals surface area contributed by atoms with Crippen LogP contribution < -0.4 is 0 Å². The van der Waals surface area contributed by atoms with E-state index in [1.54, 1.807) is 20.3 Å². The molecule has 0 aliphatic carbocycles. The summed E-state index contributed by atoms with van der Waals surface area (Å²) in [7, 11) is 3.30. The molecule has 3 heterocycles. The minimum absolute atomic E-state index is 0.0209. The normalized spacial score (nSPS) is 11.2. The van der Waals surface area contributed by atoms with Gasteiger partial charge in [0.25, 0.3) is 0 Å². The number of aromatic nitrogens is 5. The Hall–Kier alpha value is -4.40. The van der Waals surface area contributed by atoms with Crippen molar-refractivity contribution < 1.29 is 13.6 Å².